The van der Waals surface area contributed by atoms with Crippen molar-refractivity contribution in [3.8, 4) is 0 Å². The summed E-state index contributed by atoms with van der Waals surface area (Å²) in [5, 5.41) is 12.5. The third-order valence-electron chi connectivity index (χ3n) is 2.32. The Morgan fingerprint density at radius 2 is 2.12 bits per heavy atom. The molecule has 0 spiro atoms. The molecule has 0 aliphatic rings. The first kappa shape index (κ1) is 13.9. The van der Waals surface area contributed by atoms with E-state index >= 15 is 0 Å². The van der Waals surface area contributed by atoms with Crippen molar-refractivity contribution in [3.63, 3.8) is 0 Å². The summed E-state index contributed by atoms with van der Waals surface area (Å²) in [6.45, 7) is 6.80. The minimum atomic E-state index is -0.549. The second kappa shape index (κ2) is 6.51. The average Bonchev–Trinajstić information content (AvgIpc) is 2.26. The first-order valence-electron chi connectivity index (χ1n) is 5.79. The van der Waals surface area contributed by atoms with Crippen LogP contribution in [0, 0.1) is 6.92 Å². The molecule has 0 aliphatic carbocycles. The highest BCUT2D eigenvalue weighted by molar-refractivity contribution is 5.29. The number of methoxy groups -OCH3 is 1. The Bertz CT molecular complexity index is 356. The van der Waals surface area contributed by atoms with Gasteiger partial charge in [-0.25, -0.2) is 9.97 Å². The van der Waals surface area contributed by atoms with Crippen LogP contribution < -0.4 is 5.32 Å². The highest BCUT2D eigenvalue weighted by atomic mass is 16.5. The van der Waals surface area contributed by atoms with Crippen molar-refractivity contribution in [2.24, 2.45) is 0 Å². The summed E-state index contributed by atoms with van der Waals surface area (Å²) < 4.78 is 4.85. The molecule has 0 bridgehead atoms. The second-order valence-electron chi connectivity index (χ2n) is 4.40. The first-order valence-corrected chi connectivity index (χ1v) is 5.79. The van der Waals surface area contributed by atoms with Gasteiger partial charge < -0.3 is 15.2 Å². The first-order chi connectivity index (χ1) is 8.02. The van der Waals surface area contributed by atoms with Crippen LogP contribution in [-0.2, 0) is 4.74 Å². The lowest BCUT2D eigenvalue weighted by molar-refractivity contribution is 0.0726. The summed E-state index contributed by atoms with van der Waals surface area (Å²) in [6.07, 6.45) is -0.549. The number of hydrogen-bond donors (Lipinski definition) is 2. The molecule has 0 aromatic carbocycles. The Morgan fingerprint density at radius 3 is 2.71 bits per heavy atom. The lowest BCUT2D eigenvalue weighted by Gasteiger charge is -2.12. The molecule has 0 radical (unpaired) electrons. The van der Waals surface area contributed by atoms with E-state index in [1.165, 1.54) is 0 Å². The molecule has 0 amide bonds. The van der Waals surface area contributed by atoms with Gasteiger partial charge in [-0.1, -0.05) is 13.8 Å². The molecule has 1 aromatic heterocycles. The van der Waals surface area contributed by atoms with Gasteiger partial charge in [0.25, 0.3) is 0 Å². The van der Waals surface area contributed by atoms with Crippen LogP contribution in [0.15, 0.2) is 6.07 Å². The Kier molecular flexibility index (Phi) is 5.31. The van der Waals surface area contributed by atoms with E-state index in [4.69, 9.17) is 4.74 Å². The van der Waals surface area contributed by atoms with Gasteiger partial charge in [-0.15, -0.1) is 0 Å². The number of aliphatic hydroxyl groups is 1. The minimum Gasteiger partial charge on any atom is -0.389 e. The van der Waals surface area contributed by atoms with Gasteiger partial charge in [-0.05, 0) is 18.9 Å². The van der Waals surface area contributed by atoms with Crippen molar-refractivity contribution in [2.75, 3.05) is 25.6 Å². The van der Waals surface area contributed by atoms with E-state index in [1.807, 2.05) is 13.0 Å². The maximum atomic E-state index is 9.52. The van der Waals surface area contributed by atoms with E-state index in [1.54, 1.807) is 7.11 Å². The fourth-order valence-electron chi connectivity index (χ4n) is 1.43. The lowest BCUT2D eigenvalue weighted by atomic mass is 10.1. The third-order valence-corrected chi connectivity index (χ3v) is 2.32. The number of aliphatic hydroxyl groups excluding tert-OH is 1. The second-order valence-corrected chi connectivity index (χ2v) is 4.40. The average molecular weight is 239 g/mol. The number of hydrogen-bond acceptors (Lipinski definition) is 5. The SMILES string of the molecule is COCC(O)CNc1nc(C)cc(C(C)C)n1. The Labute approximate surface area is 102 Å². The van der Waals surface area contributed by atoms with E-state index in [2.05, 4.69) is 29.1 Å². The number of anilines is 1. The minimum absolute atomic E-state index is 0.301. The molecule has 0 fully saturated rings. The predicted molar refractivity (Wildman–Crippen MR) is 67.2 cm³/mol. The van der Waals surface area contributed by atoms with E-state index in [9.17, 15) is 5.11 Å². The normalized spacial score (nSPS) is 12.8. The maximum Gasteiger partial charge on any atom is 0.223 e. The zero-order valence-electron chi connectivity index (χ0n) is 10.9. The van der Waals surface area contributed by atoms with Crippen LogP contribution in [0.1, 0.15) is 31.2 Å². The molecular formula is C12H21N3O2. The number of aromatic nitrogens is 2. The summed E-state index contributed by atoms with van der Waals surface area (Å²) in [7, 11) is 1.56. The predicted octanol–water partition coefficient (Wildman–Crippen LogP) is 1.33. The number of rotatable bonds is 6. The molecule has 0 saturated carbocycles. The number of aryl methyl sites for hydroxylation is 1. The van der Waals surface area contributed by atoms with Crippen molar-refractivity contribution >= 4 is 5.95 Å². The summed E-state index contributed by atoms with van der Waals surface area (Å²) in [4.78, 5) is 8.67. The van der Waals surface area contributed by atoms with Crippen molar-refractivity contribution in [3.05, 3.63) is 17.5 Å². The van der Waals surface area contributed by atoms with Crippen LogP contribution in [0.5, 0.6) is 0 Å². The van der Waals surface area contributed by atoms with E-state index in [0.717, 1.165) is 11.4 Å². The zero-order chi connectivity index (χ0) is 12.8. The van der Waals surface area contributed by atoms with Gasteiger partial charge in [0, 0.05) is 25.0 Å². The third kappa shape index (κ3) is 4.66. The van der Waals surface area contributed by atoms with Crippen LogP contribution in [0.4, 0.5) is 5.95 Å². The summed E-state index contributed by atoms with van der Waals surface area (Å²) >= 11 is 0. The maximum absolute atomic E-state index is 9.52. The monoisotopic (exact) mass is 239 g/mol. The molecule has 5 nitrogen and oxygen atoms in total. The molecule has 17 heavy (non-hydrogen) atoms. The lowest BCUT2D eigenvalue weighted by Crippen LogP contribution is -2.25. The number of nitrogens with zero attached hydrogens (tertiary/aromatic N) is 2. The van der Waals surface area contributed by atoms with Crippen LogP contribution >= 0.6 is 0 Å². The fraction of sp³-hybridized carbons (Fsp3) is 0.667. The Balaban J connectivity index is 2.64. The largest absolute Gasteiger partial charge is 0.389 e. The molecule has 0 saturated heterocycles. The van der Waals surface area contributed by atoms with Gasteiger partial charge in [0.1, 0.15) is 0 Å². The van der Waals surface area contributed by atoms with Gasteiger partial charge in [-0.3, -0.25) is 0 Å². The molecule has 1 atom stereocenters. The van der Waals surface area contributed by atoms with Gasteiger partial charge in [0.05, 0.1) is 12.7 Å². The summed E-state index contributed by atoms with van der Waals surface area (Å²) in [6, 6.07) is 1.97. The molecule has 5 heteroatoms. The standard InChI is InChI=1S/C12H21N3O2/c1-8(2)11-5-9(3)14-12(15-11)13-6-10(16)7-17-4/h5,8,10,16H,6-7H2,1-4H3,(H,13,14,15). The molecule has 0 aliphatic heterocycles. The smallest absolute Gasteiger partial charge is 0.223 e. The van der Waals surface area contributed by atoms with E-state index in [-0.39, 0.29) is 0 Å². The van der Waals surface area contributed by atoms with Crippen molar-refractivity contribution in [1.82, 2.24) is 9.97 Å². The Hall–Kier alpha value is -1.20. The molecule has 1 aromatic rings. The molecular weight excluding hydrogens is 218 g/mol. The molecule has 1 unspecified atom stereocenters. The van der Waals surface area contributed by atoms with Crippen LogP contribution in [0.25, 0.3) is 0 Å². The van der Waals surface area contributed by atoms with Gasteiger partial charge >= 0.3 is 0 Å². The highest BCUT2D eigenvalue weighted by Crippen LogP contribution is 2.14. The zero-order valence-corrected chi connectivity index (χ0v) is 10.9. The number of nitrogens with one attached hydrogen (secondary N) is 1. The summed E-state index contributed by atoms with van der Waals surface area (Å²) in [5.74, 6) is 0.921. The fourth-order valence-corrected chi connectivity index (χ4v) is 1.43. The van der Waals surface area contributed by atoms with Crippen LogP contribution in [-0.4, -0.2) is 41.4 Å². The van der Waals surface area contributed by atoms with Crippen molar-refractivity contribution < 1.29 is 9.84 Å². The van der Waals surface area contributed by atoms with Gasteiger partial charge in [0.2, 0.25) is 5.95 Å². The van der Waals surface area contributed by atoms with Crippen LogP contribution in [0.2, 0.25) is 0 Å². The molecule has 1 rings (SSSR count). The topological polar surface area (TPSA) is 67.3 Å². The van der Waals surface area contributed by atoms with E-state index in [0.29, 0.717) is 25.0 Å². The van der Waals surface area contributed by atoms with Gasteiger partial charge in [-0.2, -0.15) is 0 Å². The molecule has 1 heterocycles. The number of ether oxygens (including phenoxy) is 1. The molecule has 2 N–H and O–H groups in total. The van der Waals surface area contributed by atoms with Crippen molar-refractivity contribution in [2.45, 2.75) is 32.8 Å². The Morgan fingerprint density at radius 1 is 1.41 bits per heavy atom. The van der Waals surface area contributed by atoms with E-state index < -0.39 is 6.10 Å². The molecule has 96 valence electrons. The highest BCUT2D eigenvalue weighted by Gasteiger charge is 2.07. The quantitative estimate of drug-likeness (QED) is 0.784. The summed E-state index contributed by atoms with van der Waals surface area (Å²) in [5.41, 5.74) is 1.92. The van der Waals surface area contributed by atoms with Crippen LogP contribution in [0.3, 0.4) is 0 Å². The van der Waals surface area contributed by atoms with Gasteiger partial charge in [0.15, 0.2) is 0 Å². The van der Waals surface area contributed by atoms with Crippen molar-refractivity contribution in [1.29, 1.82) is 0 Å².